The molecule has 0 amide bonds. The third-order valence-corrected chi connectivity index (χ3v) is 4.17. The second kappa shape index (κ2) is 8.52. The molecule has 1 aliphatic rings. The highest BCUT2D eigenvalue weighted by Crippen LogP contribution is 2.32. The smallest absolute Gasteiger partial charge is 0.416 e. The lowest BCUT2D eigenvalue weighted by molar-refractivity contribution is -0.140. The lowest BCUT2D eigenvalue weighted by atomic mass is 9.82. The SMILES string of the molecule is N#CC=CC=CC1CCC(C(=O)Oc2ccc(C(F)(F)F)cc2)CC1. The highest BCUT2D eigenvalue weighted by molar-refractivity contribution is 5.75. The van der Waals surface area contributed by atoms with E-state index in [9.17, 15) is 18.0 Å². The van der Waals surface area contributed by atoms with Gasteiger partial charge in [-0.1, -0.05) is 18.2 Å². The molecule has 0 unspecified atom stereocenters. The molecule has 3 nitrogen and oxygen atoms in total. The molecule has 25 heavy (non-hydrogen) atoms. The zero-order valence-electron chi connectivity index (χ0n) is 13.5. The first-order valence-electron chi connectivity index (χ1n) is 8.02. The van der Waals surface area contributed by atoms with E-state index in [1.807, 2.05) is 18.2 Å². The molecule has 1 saturated carbocycles. The number of benzene rings is 1. The summed E-state index contributed by atoms with van der Waals surface area (Å²) in [4.78, 5) is 12.1. The van der Waals surface area contributed by atoms with Crippen molar-refractivity contribution in [1.29, 1.82) is 5.26 Å². The van der Waals surface area contributed by atoms with Gasteiger partial charge in [-0.2, -0.15) is 18.4 Å². The largest absolute Gasteiger partial charge is 0.426 e. The van der Waals surface area contributed by atoms with E-state index >= 15 is 0 Å². The Kier molecular flexibility index (Phi) is 6.40. The van der Waals surface area contributed by atoms with Crippen LogP contribution in [0.3, 0.4) is 0 Å². The molecule has 0 aromatic heterocycles. The van der Waals surface area contributed by atoms with E-state index in [0.29, 0.717) is 18.8 Å². The number of rotatable bonds is 4. The first-order chi connectivity index (χ1) is 11.9. The third kappa shape index (κ3) is 5.79. The molecule has 1 aromatic carbocycles. The van der Waals surface area contributed by atoms with Crippen molar-refractivity contribution < 1.29 is 22.7 Å². The van der Waals surface area contributed by atoms with Crippen LogP contribution in [0.2, 0.25) is 0 Å². The van der Waals surface area contributed by atoms with E-state index in [1.165, 1.54) is 6.08 Å². The summed E-state index contributed by atoms with van der Waals surface area (Å²) in [6, 6.07) is 6.04. The van der Waals surface area contributed by atoms with Crippen molar-refractivity contribution in [3.8, 4) is 11.8 Å². The van der Waals surface area contributed by atoms with Gasteiger partial charge >= 0.3 is 12.1 Å². The molecule has 0 saturated heterocycles. The Hall–Kier alpha value is -2.55. The maximum absolute atomic E-state index is 12.5. The van der Waals surface area contributed by atoms with E-state index in [0.717, 1.165) is 37.1 Å². The quantitative estimate of drug-likeness (QED) is 0.331. The van der Waals surface area contributed by atoms with Crippen LogP contribution in [0, 0.1) is 23.2 Å². The van der Waals surface area contributed by atoms with Crippen molar-refractivity contribution in [2.75, 3.05) is 0 Å². The van der Waals surface area contributed by atoms with Gasteiger partial charge in [0, 0.05) is 6.08 Å². The summed E-state index contributed by atoms with van der Waals surface area (Å²) in [5, 5.41) is 8.40. The number of ether oxygens (including phenoxy) is 1. The van der Waals surface area contributed by atoms with Crippen molar-refractivity contribution in [3.63, 3.8) is 0 Å². The van der Waals surface area contributed by atoms with Crippen LogP contribution in [0.15, 0.2) is 48.6 Å². The van der Waals surface area contributed by atoms with Crippen LogP contribution in [-0.4, -0.2) is 5.97 Å². The first-order valence-corrected chi connectivity index (χ1v) is 8.02. The fourth-order valence-electron chi connectivity index (χ4n) is 2.78. The molecule has 1 fully saturated rings. The summed E-state index contributed by atoms with van der Waals surface area (Å²) in [7, 11) is 0. The summed E-state index contributed by atoms with van der Waals surface area (Å²) in [5.41, 5.74) is -0.773. The summed E-state index contributed by atoms with van der Waals surface area (Å²) >= 11 is 0. The van der Waals surface area contributed by atoms with Crippen LogP contribution >= 0.6 is 0 Å². The summed E-state index contributed by atoms with van der Waals surface area (Å²) in [5.74, 6) is -0.145. The topological polar surface area (TPSA) is 50.1 Å². The average molecular weight is 349 g/mol. The first kappa shape index (κ1) is 18.8. The molecule has 132 valence electrons. The number of alkyl halides is 3. The van der Waals surface area contributed by atoms with Crippen molar-refractivity contribution in [1.82, 2.24) is 0 Å². The Bertz CT molecular complexity index is 676. The molecule has 0 heterocycles. The van der Waals surface area contributed by atoms with Gasteiger partial charge in [0.15, 0.2) is 0 Å². The number of carbonyl (C=O) groups is 1. The third-order valence-electron chi connectivity index (χ3n) is 4.17. The minimum Gasteiger partial charge on any atom is -0.426 e. The van der Waals surface area contributed by atoms with E-state index in [4.69, 9.17) is 10.00 Å². The van der Waals surface area contributed by atoms with E-state index < -0.39 is 17.7 Å². The molecule has 0 aliphatic heterocycles. The predicted molar refractivity (Wildman–Crippen MR) is 86.4 cm³/mol. The van der Waals surface area contributed by atoms with Crippen LogP contribution in [0.4, 0.5) is 13.2 Å². The van der Waals surface area contributed by atoms with Crippen molar-refractivity contribution in [2.24, 2.45) is 11.8 Å². The minimum absolute atomic E-state index is 0.127. The van der Waals surface area contributed by atoms with Crippen molar-refractivity contribution in [3.05, 3.63) is 54.1 Å². The standard InChI is InChI=1S/C19H18F3NO2/c20-19(21,22)16-9-11-17(12-10-16)25-18(24)15-7-5-14(6-8-15)4-2-1-3-13-23/h1-4,9-12,14-15H,5-8H2. The zero-order chi connectivity index (χ0) is 18.3. The van der Waals surface area contributed by atoms with Crippen LogP contribution in [0.25, 0.3) is 0 Å². The van der Waals surface area contributed by atoms with E-state index in [1.54, 1.807) is 6.08 Å². The Labute approximate surface area is 144 Å². The highest BCUT2D eigenvalue weighted by atomic mass is 19.4. The number of halogens is 3. The molecule has 0 atom stereocenters. The van der Waals surface area contributed by atoms with Gasteiger partial charge in [-0.05, 0) is 55.9 Å². The van der Waals surface area contributed by atoms with Gasteiger partial charge in [0.2, 0.25) is 0 Å². The monoisotopic (exact) mass is 349 g/mol. The molecule has 2 rings (SSSR count). The van der Waals surface area contributed by atoms with E-state index in [2.05, 4.69) is 0 Å². The van der Waals surface area contributed by atoms with Crippen molar-refractivity contribution in [2.45, 2.75) is 31.9 Å². The Morgan fingerprint density at radius 3 is 2.32 bits per heavy atom. The van der Waals surface area contributed by atoms with Gasteiger partial charge in [-0.15, -0.1) is 0 Å². The zero-order valence-corrected chi connectivity index (χ0v) is 13.5. The molecule has 0 bridgehead atoms. The van der Waals surface area contributed by atoms with Crippen molar-refractivity contribution >= 4 is 5.97 Å². The number of hydrogen-bond donors (Lipinski definition) is 0. The second-order valence-electron chi connectivity index (χ2n) is 5.93. The fraction of sp³-hybridized carbons (Fsp3) is 0.368. The lowest BCUT2D eigenvalue weighted by Gasteiger charge is -2.25. The fourth-order valence-corrected chi connectivity index (χ4v) is 2.78. The van der Waals surface area contributed by atoms with Gasteiger partial charge in [-0.3, -0.25) is 4.79 Å². The second-order valence-corrected chi connectivity index (χ2v) is 5.93. The Balaban J connectivity index is 1.84. The molecule has 0 spiro atoms. The van der Waals surface area contributed by atoms with Gasteiger partial charge in [0.25, 0.3) is 0 Å². The average Bonchev–Trinajstić information content (AvgIpc) is 2.59. The number of hydrogen-bond acceptors (Lipinski definition) is 3. The molecule has 0 radical (unpaired) electrons. The molecule has 1 aliphatic carbocycles. The van der Waals surface area contributed by atoms with Crippen LogP contribution < -0.4 is 4.74 Å². The van der Waals surface area contributed by atoms with Crippen LogP contribution in [0.5, 0.6) is 5.75 Å². The molecule has 0 N–H and O–H groups in total. The number of carbonyl (C=O) groups excluding carboxylic acids is 1. The van der Waals surface area contributed by atoms with Gasteiger partial charge in [0.05, 0.1) is 17.6 Å². The normalized spacial score (nSPS) is 21.4. The van der Waals surface area contributed by atoms with Crippen LogP contribution in [0.1, 0.15) is 31.2 Å². The Morgan fingerprint density at radius 2 is 1.76 bits per heavy atom. The maximum atomic E-state index is 12.5. The molecular weight excluding hydrogens is 331 g/mol. The van der Waals surface area contributed by atoms with Gasteiger partial charge in [0.1, 0.15) is 5.75 Å². The van der Waals surface area contributed by atoms with Gasteiger partial charge < -0.3 is 4.74 Å². The summed E-state index contributed by atoms with van der Waals surface area (Å²) < 4.78 is 42.7. The van der Waals surface area contributed by atoms with Gasteiger partial charge in [-0.25, -0.2) is 0 Å². The molecule has 1 aromatic rings. The molecule has 6 heteroatoms. The maximum Gasteiger partial charge on any atom is 0.416 e. The number of esters is 1. The number of nitrogens with zero attached hydrogens (tertiary/aromatic N) is 1. The van der Waals surface area contributed by atoms with Crippen LogP contribution in [-0.2, 0) is 11.0 Å². The summed E-state index contributed by atoms with van der Waals surface area (Å²) in [6.07, 6.45) is 5.53. The predicted octanol–water partition coefficient (Wildman–Crippen LogP) is 5.05. The number of allylic oxidation sites excluding steroid dienone is 4. The van der Waals surface area contributed by atoms with E-state index in [-0.39, 0.29) is 11.7 Å². The summed E-state index contributed by atoms with van der Waals surface area (Å²) in [6.45, 7) is 0. The minimum atomic E-state index is -4.41. The molecular formula is C19H18F3NO2. The number of nitriles is 1. The lowest BCUT2D eigenvalue weighted by Crippen LogP contribution is -2.25. The highest BCUT2D eigenvalue weighted by Gasteiger charge is 2.30. The Morgan fingerprint density at radius 1 is 1.12 bits per heavy atom.